The Labute approximate surface area is 71.2 Å². The lowest BCUT2D eigenvalue weighted by atomic mass is 10.1. The Morgan fingerprint density at radius 2 is 2.08 bits per heavy atom. The Balaban J connectivity index is 2.13. The van der Waals surface area contributed by atoms with Crippen LogP contribution in [0.25, 0.3) is 0 Å². The average molecular weight is 161 g/mol. The second-order valence-corrected chi connectivity index (χ2v) is 3.77. The van der Waals surface area contributed by atoms with E-state index in [0.717, 1.165) is 24.1 Å². The van der Waals surface area contributed by atoms with Crippen LogP contribution in [0.3, 0.4) is 0 Å². The molecule has 1 aliphatic carbocycles. The summed E-state index contributed by atoms with van der Waals surface area (Å²) in [4.78, 5) is 0. The molecule has 2 heteroatoms. The minimum absolute atomic E-state index is 0.0175. The van der Waals surface area contributed by atoms with Crippen LogP contribution in [0.15, 0.2) is 24.3 Å². The topological polar surface area (TPSA) is 32.3 Å². The van der Waals surface area contributed by atoms with Crippen molar-refractivity contribution < 1.29 is 5.11 Å². The van der Waals surface area contributed by atoms with Gasteiger partial charge in [0.25, 0.3) is 0 Å². The van der Waals surface area contributed by atoms with E-state index in [9.17, 15) is 5.11 Å². The molecular formula is C10H11NO. The second-order valence-electron chi connectivity index (χ2n) is 3.77. The van der Waals surface area contributed by atoms with Crippen LogP contribution in [0, 0.1) is 0 Å². The third-order valence-corrected chi connectivity index (χ3v) is 2.95. The molecule has 0 saturated heterocycles. The number of aliphatic hydroxyl groups excluding tert-OH is 1. The molecule has 1 atom stereocenters. The van der Waals surface area contributed by atoms with Gasteiger partial charge in [0.05, 0.1) is 5.54 Å². The van der Waals surface area contributed by atoms with Crippen molar-refractivity contribution in [2.24, 2.45) is 0 Å². The van der Waals surface area contributed by atoms with Crippen molar-refractivity contribution in [3.05, 3.63) is 29.8 Å². The summed E-state index contributed by atoms with van der Waals surface area (Å²) < 4.78 is 0. The van der Waals surface area contributed by atoms with Crippen LogP contribution < -0.4 is 5.32 Å². The molecule has 0 bridgehead atoms. The van der Waals surface area contributed by atoms with Crippen molar-refractivity contribution in [3.63, 3.8) is 0 Å². The van der Waals surface area contributed by atoms with Gasteiger partial charge in [-0.3, -0.25) is 0 Å². The maximum atomic E-state index is 9.91. The van der Waals surface area contributed by atoms with Crippen LogP contribution in [0.4, 0.5) is 5.69 Å². The van der Waals surface area contributed by atoms with Crippen LogP contribution in [-0.4, -0.2) is 10.6 Å². The van der Waals surface area contributed by atoms with E-state index in [-0.39, 0.29) is 11.6 Å². The number of nitrogens with one attached hydrogen (secondary N) is 1. The van der Waals surface area contributed by atoms with Gasteiger partial charge in [-0.2, -0.15) is 0 Å². The number of para-hydroxylation sites is 1. The molecule has 1 fully saturated rings. The van der Waals surface area contributed by atoms with Gasteiger partial charge in [0.2, 0.25) is 0 Å². The van der Waals surface area contributed by atoms with Crippen molar-refractivity contribution >= 4 is 5.69 Å². The van der Waals surface area contributed by atoms with Gasteiger partial charge in [0, 0.05) is 11.3 Å². The lowest BCUT2D eigenvalue weighted by molar-refractivity contribution is 0.155. The van der Waals surface area contributed by atoms with E-state index in [0.29, 0.717) is 0 Å². The third kappa shape index (κ3) is 0.636. The summed E-state index contributed by atoms with van der Waals surface area (Å²) >= 11 is 0. The standard InChI is InChI=1S/C10H11NO/c12-9-7-3-1-2-4-8(7)11-10(9)5-6-10/h1-4,9,11-12H,5-6H2. The van der Waals surface area contributed by atoms with Gasteiger partial charge in [-0.1, -0.05) is 18.2 Å². The zero-order chi connectivity index (χ0) is 8.18. The van der Waals surface area contributed by atoms with E-state index in [1.807, 2.05) is 24.3 Å². The van der Waals surface area contributed by atoms with Gasteiger partial charge in [-0.25, -0.2) is 0 Å². The van der Waals surface area contributed by atoms with E-state index < -0.39 is 0 Å². The molecule has 12 heavy (non-hydrogen) atoms. The van der Waals surface area contributed by atoms with Crippen molar-refractivity contribution in [1.82, 2.24) is 0 Å². The SMILES string of the molecule is OC1c2ccccc2NC12CC2. The van der Waals surface area contributed by atoms with Crippen molar-refractivity contribution in [2.75, 3.05) is 5.32 Å². The van der Waals surface area contributed by atoms with Crippen molar-refractivity contribution in [1.29, 1.82) is 0 Å². The molecule has 0 amide bonds. The fourth-order valence-electron chi connectivity index (χ4n) is 2.02. The zero-order valence-electron chi connectivity index (χ0n) is 6.75. The number of benzene rings is 1. The molecule has 1 saturated carbocycles. The molecule has 0 radical (unpaired) electrons. The number of aliphatic hydroxyl groups is 1. The third-order valence-electron chi connectivity index (χ3n) is 2.95. The first-order valence-electron chi connectivity index (χ1n) is 4.37. The molecule has 1 unspecified atom stereocenters. The minimum Gasteiger partial charge on any atom is -0.386 e. The Morgan fingerprint density at radius 1 is 1.33 bits per heavy atom. The lowest BCUT2D eigenvalue weighted by Crippen LogP contribution is -2.21. The highest BCUT2D eigenvalue weighted by atomic mass is 16.3. The fourth-order valence-corrected chi connectivity index (χ4v) is 2.02. The van der Waals surface area contributed by atoms with Crippen LogP contribution in [0.1, 0.15) is 24.5 Å². The molecule has 1 aromatic rings. The predicted octanol–water partition coefficient (Wildman–Crippen LogP) is 1.68. The number of hydrogen-bond acceptors (Lipinski definition) is 2. The zero-order valence-corrected chi connectivity index (χ0v) is 6.75. The molecular weight excluding hydrogens is 150 g/mol. The number of hydrogen-bond donors (Lipinski definition) is 2. The van der Waals surface area contributed by atoms with Gasteiger partial charge in [0.15, 0.2) is 0 Å². The highest BCUT2D eigenvalue weighted by Crippen LogP contribution is 2.54. The molecule has 0 aromatic heterocycles. The monoisotopic (exact) mass is 161 g/mol. The summed E-state index contributed by atoms with van der Waals surface area (Å²) in [5.74, 6) is 0. The smallest absolute Gasteiger partial charge is 0.104 e. The van der Waals surface area contributed by atoms with E-state index >= 15 is 0 Å². The van der Waals surface area contributed by atoms with E-state index in [1.54, 1.807) is 0 Å². The van der Waals surface area contributed by atoms with Crippen LogP contribution in [-0.2, 0) is 0 Å². The summed E-state index contributed by atoms with van der Waals surface area (Å²) in [5.41, 5.74) is 2.20. The molecule has 1 aliphatic heterocycles. The van der Waals surface area contributed by atoms with E-state index in [1.165, 1.54) is 0 Å². The Kier molecular flexibility index (Phi) is 0.989. The number of rotatable bonds is 0. The van der Waals surface area contributed by atoms with Gasteiger partial charge in [-0.05, 0) is 18.9 Å². The van der Waals surface area contributed by atoms with E-state index in [2.05, 4.69) is 5.32 Å². The number of fused-ring (bicyclic) bond motifs is 1. The summed E-state index contributed by atoms with van der Waals surface area (Å²) in [6.07, 6.45) is 1.92. The Bertz CT molecular complexity index is 330. The van der Waals surface area contributed by atoms with Crippen LogP contribution in [0.5, 0.6) is 0 Å². The average Bonchev–Trinajstić information content (AvgIpc) is 2.79. The highest BCUT2D eigenvalue weighted by Gasteiger charge is 2.54. The van der Waals surface area contributed by atoms with Gasteiger partial charge < -0.3 is 10.4 Å². The normalized spacial score (nSPS) is 28.2. The second kappa shape index (κ2) is 1.83. The lowest BCUT2D eigenvalue weighted by Gasteiger charge is -2.12. The maximum absolute atomic E-state index is 9.91. The molecule has 2 nitrogen and oxygen atoms in total. The summed E-state index contributed by atoms with van der Waals surface area (Å²) in [5, 5.41) is 13.3. The molecule has 2 N–H and O–H groups in total. The first-order valence-corrected chi connectivity index (χ1v) is 4.37. The van der Waals surface area contributed by atoms with Crippen molar-refractivity contribution in [2.45, 2.75) is 24.5 Å². The van der Waals surface area contributed by atoms with Crippen LogP contribution in [0.2, 0.25) is 0 Å². The van der Waals surface area contributed by atoms with Crippen molar-refractivity contribution in [3.8, 4) is 0 Å². The van der Waals surface area contributed by atoms with Gasteiger partial charge >= 0.3 is 0 Å². The summed E-state index contributed by atoms with van der Waals surface area (Å²) in [7, 11) is 0. The highest BCUT2D eigenvalue weighted by molar-refractivity contribution is 5.62. The number of anilines is 1. The van der Waals surface area contributed by atoms with E-state index in [4.69, 9.17) is 0 Å². The largest absolute Gasteiger partial charge is 0.386 e. The Hall–Kier alpha value is -1.02. The first-order chi connectivity index (χ1) is 5.82. The Morgan fingerprint density at radius 3 is 2.75 bits per heavy atom. The predicted molar refractivity (Wildman–Crippen MR) is 47.0 cm³/mol. The van der Waals surface area contributed by atoms with Gasteiger partial charge in [0.1, 0.15) is 6.10 Å². The molecule has 1 spiro atoms. The first kappa shape index (κ1) is 6.49. The fraction of sp³-hybridized carbons (Fsp3) is 0.400. The quantitative estimate of drug-likeness (QED) is 0.606. The van der Waals surface area contributed by atoms with Gasteiger partial charge in [-0.15, -0.1) is 0 Å². The maximum Gasteiger partial charge on any atom is 0.104 e. The molecule has 1 aromatic carbocycles. The molecule has 3 rings (SSSR count). The molecule has 62 valence electrons. The van der Waals surface area contributed by atoms with Crippen LogP contribution >= 0.6 is 0 Å². The molecule has 2 aliphatic rings. The summed E-state index contributed by atoms with van der Waals surface area (Å²) in [6.45, 7) is 0. The molecule has 1 heterocycles. The minimum atomic E-state index is -0.284. The summed E-state index contributed by atoms with van der Waals surface area (Å²) in [6, 6.07) is 8.01.